The zero-order valence-electron chi connectivity index (χ0n) is 34.4. The quantitative estimate of drug-likeness (QED) is 0.159. The molecule has 0 unspecified atom stereocenters. The molecule has 0 atom stereocenters. The molecule has 3 aromatic heterocycles. The molecule has 13 aromatic rings. The van der Waals surface area contributed by atoms with Crippen molar-refractivity contribution in [2.24, 2.45) is 0 Å². The maximum absolute atomic E-state index is 2.53. The Morgan fingerprint density at radius 2 is 0.571 bits per heavy atom. The molecule has 63 heavy (non-hydrogen) atoms. The Balaban J connectivity index is 1.13. The Morgan fingerprint density at radius 1 is 0.190 bits per heavy atom. The average Bonchev–Trinajstić information content (AvgIpc) is 4.00. The van der Waals surface area contributed by atoms with Crippen molar-refractivity contribution in [3.8, 4) is 50.4 Å². The van der Waals surface area contributed by atoms with Crippen LogP contribution >= 0.6 is 0 Å². The van der Waals surface area contributed by atoms with Gasteiger partial charge >= 0.3 is 0 Å². The Morgan fingerprint density at radius 3 is 1.13 bits per heavy atom. The van der Waals surface area contributed by atoms with Crippen molar-refractivity contribution in [1.82, 2.24) is 13.7 Å². The first kappa shape index (κ1) is 35.4. The summed E-state index contributed by atoms with van der Waals surface area (Å²) in [6.07, 6.45) is 0. The number of aromatic nitrogens is 3. The van der Waals surface area contributed by atoms with Gasteiger partial charge in [-0.1, -0.05) is 158 Å². The third-order valence-electron chi connectivity index (χ3n) is 13.0. The Hall–Kier alpha value is -8.40. The summed E-state index contributed by atoms with van der Waals surface area (Å²) in [5, 5.41) is 7.39. The smallest absolute Gasteiger partial charge is 0.0788 e. The number of hydrogen-bond donors (Lipinski definition) is 0. The summed E-state index contributed by atoms with van der Waals surface area (Å²) in [4.78, 5) is 0. The van der Waals surface area contributed by atoms with Crippen LogP contribution in [0.3, 0.4) is 0 Å². The molecule has 0 fully saturated rings. The van der Waals surface area contributed by atoms with Gasteiger partial charge in [-0.15, -0.1) is 0 Å². The number of rotatable bonds is 6. The monoisotopic (exact) mass is 801 g/mol. The van der Waals surface area contributed by atoms with Gasteiger partial charge in [0, 0.05) is 49.4 Å². The van der Waals surface area contributed by atoms with Gasteiger partial charge in [-0.05, 0) is 112 Å². The molecule has 0 saturated heterocycles. The lowest BCUT2D eigenvalue weighted by Gasteiger charge is -2.16. The van der Waals surface area contributed by atoms with E-state index in [1.807, 2.05) is 0 Å². The van der Waals surface area contributed by atoms with E-state index in [1.54, 1.807) is 0 Å². The molecule has 0 radical (unpaired) electrons. The highest BCUT2D eigenvalue weighted by Gasteiger charge is 2.23. The predicted octanol–water partition coefficient (Wildman–Crippen LogP) is 16.0. The molecule has 0 spiro atoms. The van der Waals surface area contributed by atoms with Crippen LogP contribution in [0.15, 0.2) is 237 Å². The molecule has 0 aliphatic rings. The molecule has 0 saturated carbocycles. The Kier molecular flexibility index (Phi) is 7.91. The summed E-state index contributed by atoms with van der Waals surface area (Å²) in [7, 11) is 0. The molecule has 294 valence electrons. The minimum absolute atomic E-state index is 1.12. The molecule has 10 aromatic carbocycles. The fraction of sp³-hybridized carbons (Fsp3) is 0. The largest absolute Gasteiger partial charge is 0.309 e. The SMILES string of the molecule is c1ccc(-c2cc(-c3ccccc3)cc(-n3c4ccc(-c5ccc6c(c5)c5ccccc5n6-c5ccccc5)cc4c4ccc5c6ccccc6n(-c6ccccc6)c5c43)c2)cc1. The second kappa shape index (κ2) is 14.1. The second-order valence-corrected chi connectivity index (χ2v) is 16.5. The number of fused-ring (bicyclic) bond motifs is 10. The second-order valence-electron chi connectivity index (χ2n) is 16.5. The maximum Gasteiger partial charge on any atom is 0.0788 e. The highest BCUT2D eigenvalue weighted by atomic mass is 15.0. The molecular formula is C60H39N3. The minimum atomic E-state index is 1.12. The minimum Gasteiger partial charge on any atom is -0.309 e. The van der Waals surface area contributed by atoms with Crippen molar-refractivity contribution in [1.29, 1.82) is 0 Å². The lowest BCUT2D eigenvalue weighted by Crippen LogP contribution is -1.99. The summed E-state index contributed by atoms with van der Waals surface area (Å²) < 4.78 is 7.39. The summed E-state index contributed by atoms with van der Waals surface area (Å²) in [5.41, 5.74) is 17.7. The van der Waals surface area contributed by atoms with Crippen LogP contribution in [0.2, 0.25) is 0 Å². The highest BCUT2D eigenvalue weighted by Crippen LogP contribution is 2.44. The Bertz CT molecular complexity index is 3820. The van der Waals surface area contributed by atoms with Crippen LogP contribution < -0.4 is 0 Å². The third kappa shape index (κ3) is 5.53. The number of hydrogen-bond acceptors (Lipinski definition) is 0. The molecular weight excluding hydrogens is 763 g/mol. The van der Waals surface area contributed by atoms with E-state index in [4.69, 9.17) is 0 Å². The van der Waals surface area contributed by atoms with Gasteiger partial charge in [-0.25, -0.2) is 0 Å². The van der Waals surface area contributed by atoms with E-state index in [0.717, 1.165) is 22.6 Å². The van der Waals surface area contributed by atoms with Crippen LogP contribution in [-0.2, 0) is 0 Å². The van der Waals surface area contributed by atoms with Crippen LogP contribution in [0, 0.1) is 0 Å². The van der Waals surface area contributed by atoms with Crippen LogP contribution in [0.5, 0.6) is 0 Å². The van der Waals surface area contributed by atoms with E-state index in [0.29, 0.717) is 0 Å². The first-order valence-electron chi connectivity index (χ1n) is 21.7. The molecule has 0 bridgehead atoms. The van der Waals surface area contributed by atoms with E-state index in [2.05, 4.69) is 250 Å². The Labute approximate surface area is 364 Å². The van der Waals surface area contributed by atoms with E-state index in [9.17, 15) is 0 Å². The summed E-state index contributed by atoms with van der Waals surface area (Å²) >= 11 is 0. The average molecular weight is 802 g/mol. The van der Waals surface area contributed by atoms with Crippen molar-refractivity contribution >= 4 is 65.4 Å². The number of nitrogens with zero attached hydrogens (tertiary/aromatic N) is 3. The fourth-order valence-corrected chi connectivity index (χ4v) is 10.2. The van der Waals surface area contributed by atoms with Gasteiger partial charge in [-0.3, -0.25) is 0 Å². The zero-order chi connectivity index (χ0) is 41.4. The lowest BCUT2D eigenvalue weighted by atomic mass is 9.98. The molecule has 0 N–H and O–H groups in total. The van der Waals surface area contributed by atoms with Crippen molar-refractivity contribution in [2.75, 3.05) is 0 Å². The van der Waals surface area contributed by atoms with Crippen molar-refractivity contribution < 1.29 is 0 Å². The van der Waals surface area contributed by atoms with E-state index < -0.39 is 0 Å². The van der Waals surface area contributed by atoms with Crippen molar-refractivity contribution in [3.63, 3.8) is 0 Å². The standard InChI is InChI=1S/C60H39N3/c1-5-17-40(18-6-1)44-35-45(41-19-7-2-8-20-41)37-48(36-44)63-58-34-30-43(42-29-33-57-53(38-42)50-26-14-15-27-55(50)61(57)46-21-9-3-10-22-46)39-54(58)52-32-31-51-49-25-13-16-28-56(49)62(59(51)60(52)63)47-23-11-4-12-24-47/h1-39H. The first-order chi connectivity index (χ1) is 31.3. The molecule has 3 heterocycles. The van der Waals surface area contributed by atoms with Crippen LogP contribution in [-0.4, -0.2) is 13.7 Å². The van der Waals surface area contributed by atoms with Gasteiger partial charge in [0.1, 0.15) is 0 Å². The molecule has 0 amide bonds. The summed E-state index contributed by atoms with van der Waals surface area (Å²) in [5.74, 6) is 0. The normalized spacial score (nSPS) is 11.8. The molecule has 0 aliphatic carbocycles. The number of para-hydroxylation sites is 4. The van der Waals surface area contributed by atoms with E-state index in [-0.39, 0.29) is 0 Å². The topological polar surface area (TPSA) is 14.8 Å². The highest BCUT2D eigenvalue weighted by molar-refractivity contribution is 6.24. The maximum atomic E-state index is 2.53. The molecule has 3 nitrogen and oxygen atoms in total. The fourth-order valence-electron chi connectivity index (χ4n) is 10.2. The van der Waals surface area contributed by atoms with E-state index >= 15 is 0 Å². The van der Waals surface area contributed by atoms with Gasteiger partial charge in [0.15, 0.2) is 0 Å². The van der Waals surface area contributed by atoms with Crippen LogP contribution in [0.4, 0.5) is 0 Å². The van der Waals surface area contributed by atoms with Gasteiger partial charge in [-0.2, -0.15) is 0 Å². The molecule has 0 aliphatic heterocycles. The van der Waals surface area contributed by atoms with Crippen molar-refractivity contribution in [2.45, 2.75) is 0 Å². The third-order valence-corrected chi connectivity index (χ3v) is 13.0. The molecule has 3 heteroatoms. The van der Waals surface area contributed by atoms with Gasteiger partial charge in [0.25, 0.3) is 0 Å². The number of benzene rings is 10. The van der Waals surface area contributed by atoms with Gasteiger partial charge in [0.2, 0.25) is 0 Å². The zero-order valence-corrected chi connectivity index (χ0v) is 34.4. The van der Waals surface area contributed by atoms with Gasteiger partial charge < -0.3 is 13.7 Å². The predicted molar refractivity (Wildman–Crippen MR) is 266 cm³/mol. The summed E-state index contributed by atoms with van der Waals surface area (Å²) in [6, 6.07) is 86.5. The molecule has 13 rings (SSSR count). The van der Waals surface area contributed by atoms with E-state index in [1.165, 1.54) is 93.3 Å². The van der Waals surface area contributed by atoms with Gasteiger partial charge in [0.05, 0.1) is 33.1 Å². The van der Waals surface area contributed by atoms with Crippen molar-refractivity contribution in [3.05, 3.63) is 237 Å². The van der Waals surface area contributed by atoms with Crippen LogP contribution in [0.25, 0.3) is 116 Å². The summed E-state index contributed by atoms with van der Waals surface area (Å²) in [6.45, 7) is 0. The first-order valence-corrected chi connectivity index (χ1v) is 21.7. The lowest BCUT2D eigenvalue weighted by molar-refractivity contribution is 1.15. The van der Waals surface area contributed by atoms with Crippen LogP contribution in [0.1, 0.15) is 0 Å².